The van der Waals surface area contributed by atoms with Gasteiger partial charge in [0.2, 0.25) is 11.1 Å². The third-order valence-electron chi connectivity index (χ3n) is 4.41. The van der Waals surface area contributed by atoms with Gasteiger partial charge in [0.1, 0.15) is 0 Å². The summed E-state index contributed by atoms with van der Waals surface area (Å²) in [5.41, 5.74) is 2.06. The SMILES string of the molecule is Cc1cccc(-n2nnnc2S[C@@H](C)C(=O)N2CCC(C)CC2)c1. The Morgan fingerprint density at radius 1 is 1.33 bits per heavy atom. The Morgan fingerprint density at radius 3 is 2.79 bits per heavy atom. The fourth-order valence-electron chi connectivity index (χ4n) is 2.87. The van der Waals surface area contributed by atoms with Gasteiger partial charge in [0.05, 0.1) is 10.9 Å². The number of piperidine rings is 1. The maximum atomic E-state index is 12.7. The van der Waals surface area contributed by atoms with Gasteiger partial charge < -0.3 is 4.90 Å². The van der Waals surface area contributed by atoms with Gasteiger partial charge in [-0.3, -0.25) is 4.79 Å². The number of amides is 1. The number of carbonyl (C=O) groups excluding carboxylic acids is 1. The van der Waals surface area contributed by atoms with Crippen molar-refractivity contribution in [1.29, 1.82) is 0 Å². The number of tetrazole rings is 1. The lowest BCUT2D eigenvalue weighted by molar-refractivity contribution is -0.131. The van der Waals surface area contributed by atoms with E-state index in [0.717, 1.165) is 37.2 Å². The van der Waals surface area contributed by atoms with Gasteiger partial charge in [-0.25, -0.2) is 0 Å². The van der Waals surface area contributed by atoms with Gasteiger partial charge in [-0.15, -0.1) is 5.10 Å². The molecular formula is C17H23N5OS. The molecular weight excluding hydrogens is 322 g/mol. The first-order valence-electron chi connectivity index (χ1n) is 8.35. The zero-order valence-corrected chi connectivity index (χ0v) is 15.2. The highest BCUT2D eigenvalue weighted by Crippen LogP contribution is 2.26. The predicted molar refractivity (Wildman–Crippen MR) is 94.2 cm³/mol. The van der Waals surface area contributed by atoms with Crippen molar-refractivity contribution in [2.24, 2.45) is 5.92 Å². The van der Waals surface area contributed by atoms with Gasteiger partial charge in [0, 0.05) is 13.1 Å². The molecule has 2 heterocycles. The van der Waals surface area contributed by atoms with Crippen LogP contribution < -0.4 is 0 Å². The molecule has 0 spiro atoms. The summed E-state index contributed by atoms with van der Waals surface area (Å²) in [6.07, 6.45) is 2.17. The quantitative estimate of drug-likeness (QED) is 0.797. The lowest BCUT2D eigenvalue weighted by Crippen LogP contribution is -2.41. The summed E-state index contributed by atoms with van der Waals surface area (Å²) >= 11 is 1.42. The van der Waals surface area contributed by atoms with E-state index in [0.29, 0.717) is 11.1 Å². The zero-order valence-electron chi connectivity index (χ0n) is 14.3. The van der Waals surface area contributed by atoms with Crippen LogP contribution in [0.15, 0.2) is 29.4 Å². The van der Waals surface area contributed by atoms with E-state index >= 15 is 0 Å². The molecule has 2 aromatic rings. The van der Waals surface area contributed by atoms with Crippen LogP contribution in [0, 0.1) is 12.8 Å². The third kappa shape index (κ3) is 3.77. The second kappa shape index (κ2) is 7.34. The van der Waals surface area contributed by atoms with Crippen LogP contribution in [0.5, 0.6) is 0 Å². The van der Waals surface area contributed by atoms with Crippen molar-refractivity contribution in [2.45, 2.75) is 44.0 Å². The second-order valence-corrected chi connectivity index (χ2v) is 7.79. The van der Waals surface area contributed by atoms with Crippen molar-refractivity contribution in [3.63, 3.8) is 0 Å². The van der Waals surface area contributed by atoms with Crippen LogP contribution in [0.25, 0.3) is 5.69 Å². The van der Waals surface area contributed by atoms with Crippen LogP contribution in [0.1, 0.15) is 32.3 Å². The Balaban J connectivity index is 1.70. The number of hydrogen-bond acceptors (Lipinski definition) is 5. The maximum Gasteiger partial charge on any atom is 0.235 e. The first-order chi connectivity index (χ1) is 11.5. The van der Waals surface area contributed by atoms with Crippen LogP contribution in [-0.4, -0.2) is 49.4 Å². The Morgan fingerprint density at radius 2 is 2.08 bits per heavy atom. The Bertz CT molecular complexity index is 709. The van der Waals surface area contributed by atoms with E-state index in [4.69, 9.17) is 0 Å². The summed E-state index contributed by atoms with van der Waals surface area (Å²) < 4.78 is 1.69. The van der Waals surface area contributed by atoms with Gasteiger partial charge in [-0.2, -0.15) is 4.68 Å². The van der Waals surface area contributed by atoms with Gasteiger partial charge in [0.25, 0.3) is 0 Å². The van der Waals surface area contributed by atoms with Crippen LogP contribution in [0.3, 0.4) is 0 Å². The van der Waals surface area contributed by atoms with Crippen LogP contribution in [0.2, 0.25) is 0 Å². The third-order valence-corrected chi connectivity index (χ3v) is 5.43. The van der Waals surface area contributed by atoms with E-state index < -0.39 is 0 Å². The minimum absolute atomic E-state index is 0.172. The predicted octanol–water partition coefficient (Wildman–Crippen LogP) is 2.71. The number of thioether (sulfide) groups is 1. The molecule has 1 aliphatic rings. The van der Waals surface area contributed by atoms with E-state index in [1.165, 1.54) is 11.8 Å². The summed E-state index contributed by atoms with van der Waals surface area (Å²) in [5, 5.41) is 12.4. The van der Waals surface area contributed by atoms with Crippen molar-refractivity contribution < 1.29 is 4.79 Å². The van der Waals surface area contributed by atoms with E-state index in [-0.39, 0.29) is 11.2 Å². The van der Waals surface area contributed by atoms with Crippen molar-refractivity contribution >= 4 is 17.7 Å². The second-order valence-electron chi connectivity index (χ2n) is 6.48. The number of aromatic nitrogens is 4. The molecule has 3 rings (SSSR count). The molecule has 6 nitrogen and oxygen atoms in total. The molecule has 1 amide bonds. The van der Waals surface area contributed by atoms with Crippen molar-refractivity contribution in [2.75, 3.05) is 13.1 Å². The minimum atomic E-state index is -0.201. The molecule has 128 valence electrons. The number of hydrogen-bond donors (Lipinski definition) is 0. The number of benzene rings is 1. The van der Waals surface area contributed by atoms with E-state index in [1.54, 1.807) is 4.68 Å². The molecule has 7 heteroatoms. The average molecular weight is 345 g/mol. The molecule has 1 saturated heterocycles. The first-order valence-corrected chi connectivity index (χ1v) is 9.23. The summed E-state index contributed by atoms with van der Waals surface area (Å²) in [6, 6.07) is 8.00. The Kier molecular flexibility index (Phi) is 5.18. The maximum absolute atomic E-state index is 12.7. The number of likely N-dealkylation sites (tertiary alicyclic amines) is 1. The van der Waals surface area contributed by atoms with Gasteiger partial charge in [-0.1, -0.05) is 30.8 Å². The van der Waals surface area contributed by atoms with Crippen molar-refractivity contribution in [3.8, 4) is 5.69 Å². The molecule has 0 N–H and O–H groups in total. The van der Waals surface area contributed by atoms with Crippen LogP contribution in [0.4, 0.5) is 0 Å². The molecule has 1 aromatic heterocycles. The molecule has 0 unspecified atom stereocenters. The highest BCUT2D eigenvalue weighted by Gasteiger charge is 2.26. The summed E-state index contributed by atoms with van der Waals surface area (Å²) in [6.45, 7) is 7.92. The average Bonchev–Trinajstić information content (AvgIpc) is 3.03. The Hall–Kier alpha value is -1.89. The summed E-state index contributed by atoms with van der Waals surface area (Å²) in [4.78, 5) is 14.6. The monoisotopic (exact) mass is 345 g/mol. The normalized spacial score (nSPS) is 17.0. The smallest absolute Gasteiger partial charge is 0.235 e. The highest BCUT2D eigenvalue weighted by atomic mass is 32.2. The molecule has 24 heavy (non-hydrogen) atoms. The molecule has 1 fully saturated rings. The van der Waals surface area contributed by atoms with Gasteiger partial charge >= 0.3 is 0 Å². The lowest BCUT2D eigenvalue weighted by Gasteiger charge is -2.31. The fraction of sp³-hybridized carbons (Fsp3) is 0.529. The van der Waals surface area contributed by atoms with Gasteiger partial charge in [0.15, 0.2) is 0 Å². The van der Waals surface area contributed by atoms with E-state index in [2.05, 4.69) is 22.4 Å². The van der Waals surface area contributed by atoms with E-state index in [1.807, 2.05) is 43.0 Å². The highest BCUT2D eigenvalue weighted by molar-refractivity contribution is 8.00. The number of carbonyl (C=O) groups is 1. The molecule has 0 bridgehead atoms. The van der Waals surface area contributed by atoms with Gasteiger partial charge in [-0.05, 0) is 60.7 Å². The minimum Gasteiger partial charge on any atom is -0.342 e. The molecule has 0 aliphatic carbocycles. The van der Waals surface area contributed by atoms with Crippen LogP contribution in [-0.2, 0) is 4.79 Å². The fourth-order valence-corrected chi connectivity index (χ4v) is 3.76. The zero-order chi connectivity index (χ0) is 17.1. The molecule has 0 saturated carbocycles. The largest absolute Gasteiger partial charge is 0.342 e. The lowest BCUT2D eigenvalue weighted by atomic mass is 9.99. The molecule has 1 aliphatic heterocycles. The molecule has 1 aromatic carbocycles. The van der Waals surface area contributed by atoms with E-state index in [9.17, 15) is 4.79 Å². The summed E-state index contributed by atoms with van der Waals surface area (Å²) in [5.74, 6) is 0.885. The number of rotatable bonds is 4. The van der Waals surface area contributed by atoms with Crippen molar-refractivity contribution in [1.82, 2.24) is 25.1 Å². The molecule has 0 radical (unpaired) electrons. The molecule has 1 atom stereocenters. The summed E-state index contributed by atoms with van der Waals surface area (Å²) in [7, 11) is 0. The number of nitrogens with zero attached hydrogens (tertiary/aromatic N) is 5. The van der Waals surface area contributed by atoms with Crippen LogP contribution >= 0.6 is 11.8 Å². The topological polar surface area (TPSA) is 63.9 Å². The standard InChI is InChI=1S/C17H23N5OS/c1-12-7-9-21(10-8-12)16(23)14(3)24-17-18-19-20-22(17)15-6-4-5-13(2)11-15/h4-6,11-12,14H,7-10H2,1-3H3/t14-/m0/s1. The first kappa shape index (κ1) is 17.0. The van der Waals surface area contributed by atoms with Crippen molar-refractivity contribution in [3.05, 3.63) is 29.8 Å². The number of aryl methyl sites for hydroxylation is 1. The Labute approximate surface area is 146 Å².